The molecular weight excluding hydrogens is 550 g/mol. The van der Waals surface area contributed by atoms with Crippen molar-refractivity contribution in [1.82, 2.24) is 4.98 Å². The second-order valence-corrected chi connectivity index (χ2v) is 11.6. The summed E-state index contributed by atoms with van der Waals surface area (Å²) in [4.78, 5) is 17.5. The van der Waals surface area contributed by atoms with Gasteiger partial charge < -0.3 is 18.4 Å². The fourth-order valence-electron chi connectivity index (χ4n) is 4.35. The number of rotatable bonds is 7. The molecule has 0 amide bonds. The highest BCUT2D eigenvalue weighted by molar-refractivity contribution is 7.89. The molecule has 200 valence electrons. The average Bonchev–Trinajstić information content (AvgIpc) is 3.65. The molecule has 40 heavy (non-hydrogen) atoms. The number of hydrogen-bond acceptors (Lipinski definition) is 9. The summed E-state index contributed by atoms with van der Waals surface area (Å²) in [6.07, 6.45) is 1.63. The molecule has 1 aliphatic heterocycles. The monoisotopic (exact) mass is 571 g/mol. The Morgan fingerprint density at radius 1 is 0.850 bits per heavy atom. The summed E-state index contributed by atoms with van der Waals surface area (Å²) >= 11 is 1.01. The van der Waals surface area contributed by atoms with Crippen LogP contribution in [0.3, 0.4) is 0 Å². The molecule has 0 radical (unpaired) electrons. The van der Waals surface area contributed by atoms with Gasteiger partial charge in [0, 0.05) is 23.4 Å². The Balaban J connectivity index is 1.44. The number of benzene rings is 3. The van der Waals surface area contributed by atoms with Crippen LogP contribution in [0.1, 0.15) is 21.5 Å². The number of esters is 1. The van der Waals surface area contributed by atoms with E-state index in [-0.39, 0.29) is 27.0 Å². The molecule has 0 aliphatic carbocycles. The normalized spacial score (nSPS) is 13.5. The zero-order valence-electron chi connectivity index (χ0n) is 21.0. The maximum Gasteiger partial charge on any atom is 0.348 e. The number of thiophene rings is 1. The second kappa shape index (κ2) is 10.1. The van der Waals surface area contributed by atoms with Crippen molar-refractivity contribution in [2.24, 2.45) is 0 Å². The fraction of sp³-hybridized carbons (Fsp3) is 0.0667. The summed E-state index contributed by atoms with van der Waals surface area (Å²) in [6, 6.07) is 29.6. The van der Waals surface area contributed by atoms with Crippen molar-refractivity contribution in [3.05, 3.63) is 126 Å². The van der Waals surface area contributed by atoms with Gasteiger partial charge in [0.05, 0.1) is 23.2 Å². The molecule has 10 heteroatoms. The van der Waals surface area contributed by atoms with Gasteiger partial charge in [-0.3, -0.25) is 4.98 Å². The van der Waals surface area contributed by atoms with E-state index < -0.39 is 21.9 Å². The number of carbonyl (C=O) groups is 1. The quantitative estimate of drug-likeness (QED) is 0.172. The maximum absolute atomic E-state index is 13.5. The molecule has 0 bridgehead atoms. The maximum atomic E-state index is 13.5. The first kappa shape index (κ1) is 25.6. The van der Waals surface area contributed by atoms with Crippen molar-refractivity contribution in [1.29, 1.82) is 0 Å². The number of carbonyl (C=O) groups excluding carboxylic acids is 1. The summed E-state index contributed by atoms with van der Waals surface area (Å²) in [7, 11) is -3.11. The van der Waals surface area contributed by atoms with Gasteiger partial charge in [-0.05, 0) is 30.3 Å². The van der Waals surface area contributed by atoms with Crippen LogP contribution in [0, 0.1) is 0 Å². The van der Waals surface area contributed by atoms with E-state index in [4.69, 9.17) is 18.4 Å². The number of nitrogens with zero attached hydrogens (tertiary/aromatic N) is 1. The highest BCUT2D eigenvalue weighted by Crippen LogP contribution is 2.53. The van der Waals surface area contributed by atoms with Gasteiger partial charge in [-0.1, -0.05) is 66.7 Å². The van der Waals surface area contributed by atoms with Crippen LogP contribution in [0.15, 0.2) is 114 Å². The minimum absolute atomic E-state index is 0.0328. The molecule has 0 atom stereocenters. The molecule has 0 saturated carbocycles. The van der Waals surface area contributed by atoms with Gasteiger partial charge >= 0.3 is 21.9 Å². The highest BCUT2D eigenvalue weighted by atomic mass is 32.3. The molecule has 5 aromatic rings. The zero-order valence-corrected chi connectivity index (χ0v) is 22.6. The summed E-state index contributed by atoms with van der Waals surface area (Å²) < 4.78 is 50.3. The van der Waals surface area contributed by atoms with Gasteiger partial charge in [0.15, 0.2) is 15.7 Å². The van der Waals surface area contributed by atoms with Crippen LogP contribution in [-0.4, -0.2) is 26.5 Å². The molecule has 0 unspecified atom stereocenters. The van der Waals surface area contributed by atoms with E-state index in [1.807, 2.05) is 66.7 Å². The number of hydrogen-bond donors (Lipinski definition) is 0. The molecule has 3 heterocycles. The van der Waals surface area contributed by atoms with Gasteiger partial charge in [0.25, 0.3) is 0 Å². The molecule has 0 fully saturated rings. The Morgan fingerprint density at radius 2 is 1.52 bits per heavy atom. The van der Waals surface area contributed by atoms with E-state index in [0.717, 1.165) is 11.3 Å². The Kier molecular flexibility index (Phi) is 6.49. The molecule has 0 spiro atoms. The fourth-order valence-corrected chi connectivity index (χ4v) is 6.52. The van der Waals surface area contributed by atoms with E-state index in [2.05, 4.69) is 4.98 Å². The lowest BCUT2D eigenvalue weighted by atomic mass is 9.97. The summed E-state index contributed by atoms with van der Waals surface area (Å²) in [5, 5.41) is 0. The molecule has 3 aromatic carbocycles. The average molecular weight is 572 g/mol. The third kappa shape index (κ3) is 4.57. The van der Waals surface area contributed by atoms with Crippen LogP contribution < -0.4 is 13.7 Å². The standard InChI is InChI=1S/C30H21NO7S2/c1-35-29(32)20-18-24-28(37-30(36-24,21-10-4-2-5-11-21)22-12-6-3-7-13-22)25(19-20)38-40(33,34)27-16-15-26(39-27)23-14-8-9-17-31-23/h2-19H,1H3. The first-order chi connectivity index (χ1) is 19.4. The number of fused-ring (bicyclic) bond motifs is 1. The molecule has 2 aromatic heterocycles. The zero-order chi connectivity index (χ0) is 27.7. The van der Waals surface area contributed by atoms with Gasteiger partial charge in [0.1, 0.15) is 0 Å². The Labute approximate surface area is 234 Å². The topological polar surface area (TPSA) is 101 Å². The highest BCUT2D eigenvalue weighted by Gasteiger charge is 2.47. The second-order valence-electron chi connectivity index (χ2n) is 8.72. The number of aromatic nitrogens is 1. The van der Waals surface area contributed by atoms with Gasteiger partial charge in [-0.2, -0.15) is 8.42 Å². The predicted molar refractivity (Wildman–Crippen MR) is 148 cm³/mol. The van der Waals surface area contributed by atoms with E-state index in [1.165, 1.54) is 25.3 Å². The van der Waals surface area contributed by atoms with E-state index in [9.17, 15) is 13.2 Å². The van der Waals surface area contributed by atoms with Gasteiger partial charge in [-0.15, -0.1) is 11.3 Å². The van der Waals surface area contributed by atoms with Crippen LogP contribution in [0.4, 0.5) is 0 Å². The van der Waals surface area contributed by atoms with Crippen molar-refractivity contribution in [2.75, 3.05) is 7.11 Å². The lowest BCUT2D eigenvalue weighted by Crippen LogP contribution is -2.36. The van der Waals surface area contributed by atoms with Gasteiger partial charge in [-0.25, -0.2) is 4.79 Å². The van der Waals surface area contributed by atoms with Crippen molar-refractivity contribution >= 4 is 27.4 Å². The summed E-state index contributed by atoms with van der Waals surface area (Å²) in [6.45, 7) is 0. The van der Waals surface area contributed by atoms with Crippen LogP contribution in [0.25, 0.3) is 10.6 Å². The number of pyridine rings is 1. The SMILES string of the molecule is COC(=O)c1cc2c(c(OS(=O)(=O)c3ccc(-c4ccccn4)s3)c1)OC(c1ccccc1)(c1ccccc1)O2. The van der Waals surface area contributed by atoms with Crippen LogP contribution in [-0.2, 0) is 20.6 Å². The minimum Gasteiger partial charge on any atom is -0.465 e. The first-order valence-corrected chi connectivity index (χ1v) is 14.3. The largest absolute Gasteiger partial charge is 0.465 e. The first-order valence-electron chi connectivity index (χ1n) is 12.1. The van der Waals surface area contributed by atoms with E-state index >= 15 is 0 Å². The van der Waals surface area contributed by atoms with Gasteiger partial charge in [0.2, 0.25) is 5.75 Å². The third-order valence-electron chi connectivity index (χ3n) is 6.19. The van der Waals surface area contributed by atoms with E-state index in [0.29, 0.717) is 21.7 Å². The lowest BCUT2D eigenvalue weighted by molar-refractivity contribution is -0.0464. The molecule has 0 N–H and O–H groups in total. The molecular formula is C30H21NO7S2. The third-order valence-corrected chi connectivity index (χ3v) is 8.99. The Morgan fingerprint density at radius 3 is 2.15 bits per heavy atom. The van der Waals surface area contributed by atoms with Crippen LogP contribution in [0.5, 0.6) is 17.2 Å². The molecule has 0 saturated heterocycles. The van der Waals surface area contributed by atoms with Crippen LogP contribution >= 0.6 is 11.3 Å². The van der Waals surface area contributed by atoms with Crippen molar-refractivity contribution in [3.63, 3.8) is 0 Å². The minimum atomic E-state index is -4.33. The predicted octanol–water partition coefficient (Wildman–Crippen LogP) is 6.04. The van der Waals surface area contributed by atoms with Crippen LogP contribution in [0.2, 0.25) is 0 Å². The smallest absolute Gasteiger partial charge is 0.348 e. The van der Waals surface area contributed by atoms with E-state index in [1.54, 1.807) is 24.4 Å². The number of methoxy groups -OCH3 is 1. The molecule has 6 rings (SSSR count). The summed E-state index contributed by atoms with van der Waals surface area (Å²) in [5.41, 5.74) is 1.98. The van der Waals surface area contributed by atoms with Crippen molar-refractivity contribution in [2.45, 2.75) is 10.00 Å². The van der Waals surface area contributed by atoms with Crippen molar-refractivity contribution < 1.29 is 31.6 Å². The summed E-state index contributed by atoms with van der Waals surface area (Å²) in [5.74, 6) is -2.21. The van der Waals surface area contributed by atoms with Crippen molar-refractivity contribution in [3.8, 4) is 27.8 Å². The molecule has 8 nitrogen and oxygen atoms in total. The Bertz CT molecular complexity index is 1750. The number of ether oxygens (including phenoxy) is 3. The molecule has 1 aliphatic rings. The Hall–Kier alpha value is -4.67. The lowest BCUT2D eigenvalue weighted by Gasteiger charge is -2.28.